The Bertz CT molecular complexity index is 478. The molecule has 1 saturated heterocycles. The first-order valence-electron chi connectivity index (χ1n) is 6.15. The zero-order chi connectivity index (χ0) is 11.0. The van der Waals surface area contributed by atoms with Crippen LogP contribution in [-0.2, 0) is 0 Å². The topological polar surface area (TPSA) is 19.0 Å². The van der Waals surface area contributed by atoms with E-state index in [1.54, 1.807) is 0 Å². The van der Waals surface area contributed by atoms with Crippen molar-refractivity contribution in [3.05, 3.63) is 30.5 Å². The molecule has 1 fully saturated rings. The maximum atomic E-state index is 3.24. The lowest BCUT2D eigenvalue weighted by Gasteiger charge is -2.32. The van der Waals surface area contributed by atoms with Gasteiger partial charge in [-0.05, 0) is 43.0 Å². The fourth-order valence-corrected chi connectivity index (χ4v) is 2.50. The van der Waals surface area contributed by atoms with Crippen LogP contribution in [0, 0.1) is 5.92 Å². The largest absolute Gasteiger partial charge is 0.371 e. The summed E-state index contributed by atoms with van der Waals surface area (Å²) in [4.78, 5) is 5.74. The molecular formula is C14H18N2. The number of hydrogen-bond donors (Lipinski definition) is 1. The van der Waals surface area contributed by atoms with Gasteiger partial charge in [-0.3, -0.25) is 0 Å². The van der Waals surface area contributed by atoms with Crippen molar-refractivity contribution in [3.8, 4) is 0 Å². The molecule has 0 spiro atoms. The van der Waals surface area contributed by atoms with Crippen LogP contribution in [0.1, 0.15) is 19.8 Å². The normalized spacial score (nSPS) is 18.2. The number of nitrogens with zero attached hydrogens (tertiary/aromatic N) is 1. The lowest BCUT2D eigenvalue weighted by molar-refractivity contribution is 0.438. The van der Waals surface area contributed by atoms with Gasteiger partial charge in [0.1, 0.15) is 0 Å². The number of benzene rings is 1. The molecule has 0 bridgehead atoms. The molecule has 16 heavy (non-hydrogen) atoms. The molecule has 0 amide bonds. The summed E-state index contributed by atoms with van der Waals surface area (Å²) in [5.74, 6) is 0.896. The molecule has 0 saturated carbocycles. The SMILES string of the molecule is CC1CCN(c2ccc3[nH]ccc3c2)CC1. The average molecular weight is 214 g/mol. The third-order valence-electron chi connectivity index (χ3n) is 3.69. The van der Waals surface area contributed by atoms with Gasteiger partial charge < -0.3 is 9.88 Å². The molecule has 1 aliphatic heterocycles. The second kappa shape index (κ2) is 3.85. The fraction of sp³-hybridized carbons (Fsp3) is 0.429. The van der Waals surface area contributed by atoms with Crippen LogP contribution < -0.4 is 4.90 Å². The molecule has 1 aromatic carbocycles. The van der Waals surface area contributed by atoms with E-state index in [0.717, 1.165) is 5.92 Å². The second-order valence-electron chi connectivity index (χ2n) is 4.92. The van der Waals surface area contributed by atoms with Gasteiger partial charge >= 0.3 is 0 Å². The average Bonchev–Trinajstić information content (AvgIpc) is 2.77. The highest BCUT2D eigenvalue weighted by Crippen LogP contribution is 2.25. The Morgan fingerprint density at radius 1 is 1.19 bits per heavy atom. The third kappa shape index (κ3) is 1.69. The van der Waals surface area contributed by atoms with E-state index in [2.05, 4.69) is 41.1 Å². The fourth-order valence-electron chi connectivity index (χ4n) is 2.50. The van der Waals surface area contributed by atoms with Gasteiger partial charge in [0.15, 0.2) is 0 Å². The quantitative estimate of drug-likeness (QED) is 0.770. The first-order chi connectivity index (χ1) is 7.83. The summed E-state index contributed by atoms with van der Waals surface area (Å²) in [7, 11) is 0. The van der Waals surface area contributed by atoms with E-state index in [0.29, 0.717) is 0 Å². The highest BCUT2D eigenvalue weighted by molar-refractivity contribution is 5.83. The van der Waals surface area contributed by atoms with Gasteiger partial charge in [0, 0.05) is 35.9 Å². The van der Waals surface area contributed by atoms with Gasteiger partial charge in [-0.2, -0.15) is 0 Å². The number of anilines is 1. The van der Waals surface area contributed by atoms with Gasteiger partial charge in [0.2, 0.25) is 0 Å². The van der Waals surface area contributed by atoms with E-state index in [1.807, 2.05) is 6.20 Å². The van der Waals surface area contributed by atoms with Gasteiger partial charge in [0.25, 0.3) is 0 Å². The van der Waals surface area contributed by atoms with Crippen molar-refractivity contribution in [2.45, 2.75) is 19.8 Å². The van der Waals surface area contributed by atoms with Gasteiger partial charge in [-0.25, -0.2) is 0 Å². The molecule has 2 heterocycles. The van der Waals surface area contributed by atoms with Gasteiger partial charge in [-0.1, -0.05) is 6.92 Å². The zero-order valence-electron chi connectivity index (χ0n) is 9.74. The minimum atomic E-state index is 0.896. The Hall–Kier alpha value is -1.44. The van der Waals surface area contributed by atoms with Crippen LogP contribution in [-0.4, -0.2) is 18.1 Å². The van der Waals surface area contributed by atoms with E-state index in [9.17, 15) is 0 Å². The number of fused-ring (bicyclic) bond motifs is 1. The molecule has 0 aliphatic carbocycles. The Balaban J connectivity index is 1.87. The summed E-state index contributed by atoms with van der Waals surface area (Å²) in [5.41, 5.74) is 2.60. The maximum Gasteiger partial charge on any atom is 0.0455 e. The van der Waals surface area contributed by atoms with Crippen LogP contribution in [0.4, 0.5) is 5.69 Å². The molecule has 3 rings (SSSR count). The van der Waals surface area contributed by atoms with Crippen molar-refractivity contribution in [1.29, 1.82) is 0 Å². The molecular weight excluding hydrogens is 196 g/mol. The van der Waals surface area contributed by atoms with Crippen molar-refractivity contribution in [2.24, 2.45) is 5.92 Å². The Morgan fingerprint density at radius 2 is 2.00 bits per heavy atom. The second-order valence-corrected chi connectivity index (χ2v) is 4.92. The first-order valence-corrected chi connectivity index (χ1v) is 6.15. The van der Waals surface area contributed by atoms with Gasteiger partial charge in [0.05, 0.1) is 0 Å². The van der Waals surface area contributed by atoms with E-state index in [1.165, 1.54) is 42.5 Å². The lowest BCUT2D eigenvalue weighted by Crippen LogP contribution is -2.32. The third-order valence-corrected chi connectivity index (χ3v) is 3.69. The van der Waals surface area contributed by atoms with E-state index < -0.39 is 0 Å². The molecule has 2 heteroatoms. The molecule has 84 valence electrons. The summed E-state index contributed by atoms with van der Waals surface area (Å²) in [6.07, 6.45) is 4.66. The molecule has 1 N–H and O–H groups in total. The number of piperidine rings is 1. The number of aromatic nitrogens is 1. The molecule has 0 atom stereocenters. The van der Waals surface area contributed by atoms with Gasteiger partial charge in [-0.15, -0.1) is 0 Å². The van der Waals surface area contributed by atoms with Crippen molar-refractivity contribution in [3.63, 3.8) is 0 Å². The van der Waals surface area contributed by atoms with E-state index in [-0.39, 0.29) is 0 Å². The molecule has 2 nitrogen and oxygen atoms in total. The molecule has 2 aromatic rings. The van der Waals surface area contributed by atoms with Crippen molar-refractivity contribution in [1.82, 2.24) is 4.98 Å². The van der Waals surface area contributed by atoms with Crippen LogP contribution in [0.5, 0.6) is 0 Å². The smallest absolute Gasteiger partial charge is 0.0455 e. The zero-order valence-corrected chi connectivity index (χ0v) is 9.74. The maximum absolute atomic E-state index is 3.24. The summed E-state index contributed by atoms with van der Waals surface area (Å²) in [6.45, 7) is 4.76. The standard InChI is InChI=1S/C14H18N2/c1-11-5-8-16(9-6-11)13-2-3-14-12(10-13)4-7-15-14/h2-4,7,10-11,15H,5-6,8-9H2,1H3. The summed E-state index contributed by atoms with van der Waals surface area (Å²) < 4.78 is 0. The number of hydrogen-bond acceptors (Lipinski definition) is 1. The van der Waals surface area contributed by atoms with Crippen molar-refractivity contribution < 1.29 is 0 Å². The molecule has 0 radical (unpaired) electrons. The predicted octanol–water partition coefficient (Wildman–Crippen LogP) is 3.40. The number of H-pyrrole nitrogens is 1. The highest BCUT2D eigenvalue weighted by atomic mass is 15.1. The first kappa shape index (κ1) is 9.76. The van der Waals surface area contributed by atoms with Crippen LogP contribution in [0.3, 0.4) is 0 Å². The summed E-state index contributed by atoms with van der Waals surface area (Å²) in [6, 6.07) is 8.85. The highest BCUT2D eigenvalue weighted by Gasteiger charge is 2.15. The Labute approximate surface area is 96.3 Å². The van der Waals surface area contributed by atoms with Crippen LogP contribution in [0.2, 0.25) is 0 Å². The lowest BCUT2D eigenvalue weighted by atomic mass is 9.99. The summed E-state index contributed by atoms with van der Waals surface area (Å²) in [5, 5.41) is 1.32. The van der Waals surface area contributed by atoms with Crippen LogP contribution in [0.25, 0.3) is 10.9 Å². The van der Waals surface area contributed by atoms with Crippen LogP contribution >= 0.6 is 0 Å². The molecule has 0 unspecified atom stereocenters. The molecule has 1 aromatic heterocycles. The monoisotopic (exact) mass is 214 g/mol. The minimum absolute atomic E-state index is 0.896. The number of nitrogens with one attached hydrogen (secondary N) is 1. The summed E-state index contributed by atoms with van der Waals surface area (Å²) >= 11 is 0. The Kier molecular flexibility index (Phi) is 2.35. The molecule has 1 aliphatic rings. The minimum Gasteiger partial charge on any atom is -0.371 e. The van der Waals surface area contributed by atoms with Crippen molar-refractivity contribution >= 4 is 16.6 Å². The Morgan fingerprint density at radius 3 is 2.81 bits per heavy atom. The van der Waals surface area contributed by atoms with Crippen LogP contribution in [0.15, 0.2) is 30.5 Å². The number of aromatic amines is 1. The predicted molar refractivity (Wildman–Crippen MR) is 68.9 cm³/mol. The number of rotatable bonds is 1. The van der Waals surface area contributed by atoms with E-state index in [4.69, 9.17) is 0 Å². The van der Waals surface area contributed by atoms with Crippen molar-refractivity contribution in [2.75, 3.05) is 18.0 Å². The van der Waals surface area contributed by atoms with E-state index >= 15 is 0 Å².